The molecule has 1 radical (unpaired) electrons. The second kappa shape index (κ2) is 2.63. The first kappa shape index (κ1) is 8.22. The lowest BCUT2D eigenvalue weighted by Crippen LogP contribution is -2.20. The van der Waals surface area contributed by atoms with Crippen LogP contribution in [0, 0.1) is 7.05 Å². The van der Waals surface area contributed by atoms with Crippen molar-refractivity contribution in [3.63, 3.8) is 0 Å². The molecule has 6 heteroatoms. The summed E-state index contributed by atoms with van der Waals surface area (Å²) in [6.07, 6.45) is 2.54. The van der Waals surface area contributed by atoms with E-state index in [1.807, 2.05) is 0 Å². The van der Waals surface area contributed by atoms with Gasteiger partial charge in [0.15, 0.2) is 5.03 Å². The van der Waals surface area contributed by atoms with E-state index in [0.717, 1.165) is 4.31 Å². The summed E-state index contributed by atoms with van der Waals surface area (Å²) >= 11 is 0. The molecule has 0 saturated carbocycles. The van der Waals surface area contributed by atoms with Gasteiger partial charge in [-0.2, -0.15) is 4.31 Å². The third-order valence-corrected chi connectivity index (χ3v) is 2.76. The number of sulfonamides is 1. The highest BCUT2D eigenvalue weighted by molar-refractivity contribution is 7.89. The van der Waals surface area contributed by atoms with E-state index in [1.54, 1.807) is 0 Å². The Balaban J connectivity index is 3.12. The highest BCUT2D eigenvalue weighted by Gasteiger charge is 2.17. The number of hydrogen-bond acceptors (Lipinski definition) is 3. The summed E-state index contributed by atoms with van der Waals surface area (Å²) in [5, 5.41) is 0.0509. The van der Waals surface area contributed by atoms with Crippen molar-refractivity contribution < 1.29 is 8.42 Å². The van der Waals surface area contributed by atoms with Gasteiger partial charge in [0.25, 0.3) is 10.0 Å². The summed E-state index contributed by atoms with van der Waals surface area (Å²) in [6, 6.07) is 0. The zero-order valence-corrected chi connectivity index (χ0v) is 6.80. The third kappa shape index (κ3) is 1.41. The number of hydrogen-bond donors (Lipinski definition) is 1. The van der Waals surface area contributed by atoms with E-state index in [2.05, 4.69) is 17.0 Å². The molecule has 0 fully saturated rings. The van der Waals surface area contributed by atoms with Gasteiger partial charge in [-0.05, 0) is 0 Å². The Kier molecular flexibility index (Phi) is 1.97. The standard InChI is InChI=1S/C5H8N3O2S/c1-8(2)11(9,10)5-3-6-4-7-5/h3-4H,1H2,2H3,(H,6,7). The van der Waals surface area contributed by atoms with Crippen LogP contribution in [0.4, 0.5) is 0 Å². The van der Waals surface area contributed by atoms with E-state index in [1.165, 1.54) is 19.6 Å². The van der Waals surface area contributed by atoms with Gasteiger partial charge in [-0.1, -0.05) is 0 Å². The molecule has 0 unspecified atom stereocenters. The Labute approximate surface area is 65.1 Å². The maximum atomic E-state index is 11.2. The maximum absolute atomic E-state index is 11.2. The van der Waals surface area contributed by atoms with Crippen LogP contribution in [0.2, 0.25) is 0 Å². The van der Waals surface area contributed by atoms with E-state index >= 15 is 0 Å². The van der Waals surface area contributed by atoms with Crippen molar-refractivity contribution in [3.05, 3.63) is 19.6 Å². The summed E-state index contributed by atoms with van der Waals surface area (Å²) in [6.45, 7) is 0. The summed E-state index contributed by atoms with van der Waals surface area (Å²) < 4.78 is 23.2. The lowest BCUT2D eigenvalue weighted by molar-refractivity contribution is 0.534. The molecule has 11 heavy (non-hydrogen) atoms. The van der Waals surface area contributed by atoms with Gasteiger partial charge in [-0.15, -0.1) is 0 Å². The summed E-state index contributed by atoms with van der Waals surface area (Å²) in [7, 11) is 1.19. The molecule has 1 N–H and O–H groups in total. The van der Waals surface area contributed by atoms with Gasteiger partial charge in [0.1, 0.15) is 0 Å². The molecular weight excluding hydrogens is 166 g/mol. The smallest absolute Gasteiger partial charge is 0.259 e. The van der Waals surface area contributed by atoms with Crippen molar-refractivity contribution >= 4 is 10.0 Å². The van der Waals surface area contributed by atoms with Crippen molar-refractivity contribution in [2.45, 2.75) is 5.03 Å². The van der Waals surface area contributed by atoms with Crippen molar-refractivity contribution in [1.29, 1.82) is 0 Å². The molecule has 1 aromatic heterocycles. The van der Waals surface area contributed by atoms with Gasteiger partial charge in [0.2, 0.25) is 0 Å². The van der Waals surface area contributed by atoms with Crippen molar-refractivity contribution in [2.24, 2.45) is 0 Å². The van der Waals surface area contributed by atoms with E-state index < -0.39 is 10.0 Å². The van der Waals surface area contributed by atoms with Crippen LogP contribution < -0.4 is 0 Å². The van der Waals surface area contributed by atoms with Crippen LogP contribution in [-0.2, 0) is 10.0 Å². The lowest BCUT2D eigenvalue weighted by atomic mass is 11.0. The van der Waals surface area contributed by atoms with Crippen molar-refractivity contribution in [1.82, 2.24) is 14.3 Å². The van der Waals surface area contributed by atoms with Crippen molar-refractivity contribution in [2.75, 3.05) is 7.05 Å². The van der Waals surface area contributed by atoms with Crippen LogP contribution in [0.25, 0.3) is 0 Å². The molecule has 0 aliphatic rings. The molecule has 0 aliphatic heterocycles. The van der Waals surface area contributed by atoms with Crippen LogP contribution in [0.5, 0.6) is 0 Å². The summed E-state index contributed by atoms with van der Waals surface area (Å²) in [5.41, 5.74) is 0. The number of rotatable bonds is 2. The van der Waals surface area contributed by atoms with Gasteiger partial charge in [-0.3, -0.25) is 0 Å². The average molecular weight is 174 g/mol. The normalized spacial score (nSPS) is 12.3. The summed E-state index contributed by atoms with van der Waals surface area (Å²) in [4.78, 5) is 6.06. The number of aromatic nitrogens is 2. The van der Waals surface area contributed by atoms with Crippen LogP contribution in [0.15, 0.2) is 17.6 Å². The van der Waals surface area contributed by atoms with E-state index in [4.69, 9.17) is 0 Å². The minimum absolute atomic E-state index is 0.0509. The lowest BCUT2D eigenvalue weighted by Gasteiger charge is -2.07. The fourth-order valence-corrected chi connectivity index (χ4v) is 1.28. The Morgan fingerprint density at radius 3 is 2.73 bits per heavy atom. The largest absolute Gasteiger partial charge is 0.335 e. The molecule has 0 aliphatic carbocycles. The zero-order chi connectivity index (χ0) is 8.48. The highest BCUT2D eigenvalue weighted by Crippen LogP contribution is 2.07. The molecule has 0 atom stereocenters. The monoisotopic (exact) mass is 174 g/mol. The zero-order valence-electron chi connectivity index (χ0n) is 5.98. The van der Waals surface area contributed by atoms with Crippen LogP contribution >= 0.6 is 0 Å². The third-order valence-electron chi connectivity index (χ3n) is 1.16. The second-order valence-electron chi connectivity index (χ2n) is 2.02. The van der Waals surface area contributed by atoms with E-state index in [9.17, 15) is 8.42 Å². The Morgan fingerprint density at radius 1 is 1.73 bits per heavy atom. The molecule has 0 bridgehead atoms. The molecule has 0 amide bonds. The molecular formula is C5H8N3O2S. The van der Waals surface area contributed by atoms with Gasteiger partial charge >= 0.3 is 0 Å². The first-order valence-electron chi connectivity index (χ1n) is 2.83. The Bertz CT molecular complexity index is 314. The maximum Gasteiger partial charge on any atom is 0.259 e. The quantitative estimate of drug-likeness (QED) is 0.676. The Morgan fingerprint density at radius 2 is 2.36 bits per heavy atom. The molecule has 1 heterocycles. The van der Waals surface area contributed by atoms with Crippen molar-refractivity contribution in [3.8, 4) is 0 Å². The molecule has 1 aromatic rings. The fourth-order valence-electron chi connectivity index (χ4n) is 0.552. The number of aromatic amines is 1. The van der Waals surface area contributed by atoms with Crippen LogP contribution in [0.1, 0.15) is 0 Å². The number of nitrogens with zero attached hydrogens (tertiary/aromatic N) is 2. The molecule has 5 nitrogen and oxygen atoms in total. The van der Waals surface area contributed by atoms with Gasteiger partial charge < -0.3 is 4.98 Å². The van der Waals surface area contributed by atoms with Crippen LogP contribution in [-0.4, -0.2) is 29.7 Å². The van der Waals surface area contributed by atoms with Gasteiger partial charge in [0.05, 0.1) is 12.5 Å². The first-order chi connectivity index (χ1) is 5.05. The predicted molar refractivity (Wildman–Crippen MR) is 38.9 cm³/mol. The van der Waals surface area contributed by atoms with E-state index in [-0.39, 0.29) is 5.03 Å². The second-order valence-corrected chi connectivity index (χ2v) is 4.03. The number of H-pyrrole nitrogens is 1. The molecule has 0 spiro atoms. The highest BCUT2D eigenvalue weighted by atomic mass is 32.2. The average Bonchev–Trinajstić information content (AvgIpc) is 2.37. The topological polar surface area (TPSA) is 66.1 Å². The van der Waals surface area contributed by atoms with Crippen LogP contribution in [0.3, 0.4) is 0 Å². The number of imidazole rings is 1. The van der Waals surface area contributed by atoms with E-state index in [0.29, 0.717) is 0 Å². The van der Waals surface area contributed by atoms with Gasteiger partial charge in [-0.25, -0.2) is 13.4 Å². The molecule has 0 saturated heterocycles. The summed E-state index contributed by atoms with van der Waals surface area (Å²) in [5.74, 6) is 0. The predicted octanol–water partition coefficient (Wildman–Crippen LogP) is -0.178. The number of nitrogens with one attached hydrogen (secondary N) is 1. The fraction of sp³-hybridized carbons (Fsp3) is 0.200. The van der Waals surface area contributed by atoms with Gasteiger partial charge in [0, 0.05) is 14.1 Å². The Hall–Kier alpha value is -0.880. The molecule has 0 aromatic carbocycles. The minimum atomic E-state index is -3.43. The SMILES string of the molecule is [CH2]N(C)S(=O)(=O)c1cnc[nH]1. The first-order valence-corrected chi connectivity index (χ1v) is 4.27. The molecule has 1 rings (SSSR count). The minimum Gasteiger partial charge on any atom is -0.335 e. The molecule has 61 valence electrons.